The Kier molecular flexibility index (Phi) is 4.81. The summed E-state index contributed by atoms with van der Waals surface area (Å²) in [5.74, 6) is -0.291. The van der Waals surface area contributed by atoms with Crippen LogP contribution in [0.1, 0.15) is 25.1 Å². The second-order valence-corrected chi connectivity index (χ2v) is 6.25. The molecule has 1 amide bonds. The first-order chi connectivity index (χ1) is 11.9. The van der Waals surface area contributed by atoms with Gasteiger partial charge in [0.1, 0.15) is 18.6 Å². The molecule has 0 radical (unpaired) electrons. The molecule has 2 heterocycles. The van der Waals surface area contributed by atoms with Gasteiger partial charge in [0.2, 0.25) is 5.79 Å². The Hall–Kier alpha value is -2.73. The topological polar surface area (TPSA) is 69.7 Å². The van der Waals surface area contributed by atoms with E-state index in [0.717, 1.165) is 5.56 Å². The highest BCUT2D eigenvalue weighted by atomic mass is 35.5. The van der Waals surface area contributed by atoms with Crippen molar-refractivity contribution in [1.29, 1.82) is 0 Å². The van der Waals surface area contributed by atoms with Crippen LogP contribution in [0, 0.1) is 0 Å². The molecule has 0 saturated heterocycles. The van der Waals surface area contributed by atoms with Crippen molar-refractivity contribution in [2.45, 2.75) is 26.2 Å². The van der Waals surface area contributed by atoms with Crippen LogP contribution >= 0.6 is 11.6 Å². The highest BCUT2D eigenvalue weighted by Gasteiger charge is 2.29. The minimum Gasteiger partial charge on any atom is -0.457 e. The van der Waals surface area contributed by atoms with Gasteiger partial charge in [0.25, 0.3) is 0 Å². The van der Waals surface area contributed by atoms with Crippen LogP contribution in [-0.4, -0.2) is 16.9 Å². The van der Waals surface area contributed by atoms with Crippen LogP contribution in [0.15, 0.2) is 48.9 Å². The average Bonchev–Trinajstić information content (AvgIpc) is 2.96. The lowest BCUT2D eigenvalue weighted by Gasteiger charge is -2.18. The van der Waals surface area contributed by atoms with Gasteiger partial charge in [0.05, 0.1) is 10.7 Å². The molecule has 2 aromatic rings. The van der Waals surface area contributed by atoms with Crippen LogP contribution < -0.4 is 5.32 Å². The SMILES string of the molecule is CC1(C)OC=C(c2cc(NC(=O)OCc3ccccc3)c(Cl)cn2)O1. The second-order valence-electron chi connectivity index (χ2n) is 5.84. The zero-order chi connectivity index (χ0) is 17.9. The number of halogens is 1. The van der Waals surface area contributed by atoms with E-state index in [1.165, 1.54) is 12.5 Å². The third-order valence-corrected chi connectivity index (χ3v) is 3.66. The zero-order valence-corrected chi connectivity index (χ0v) is 14.5. The van der Waals surface area contributed by atoms with Gasteiger partial charge in [-0.2, -0.15) is 0 Å². The van der Waals surface area contributed by atoms with E-state index in [-0.39, 0.29) is 6.61 Å². The van der Waals surface area contributed by atoms with E-state index in [4.69, 9.17) is 25.8 Å². The van der Waals surface area contributed by atoms with Gasteiger partial charge in [-0.25, -0.2) is 4.79 Å². The Morgan fingerprint density at radius 2 is 2.08 bits per heavy atom. The van der Waals surface area contributed by atoms with E-state index in [1.807, 2.05) is 30.3 Å². The highest BCUT2D eigenvalue weighted by Crippen LogP contribution is 2.32. The molecule has 0 bridgehead atoms. The molecule has 1 aliphatic rings. The van der Waals surface area contributed by atoms with Crippen molar-refractivity contribution in [1.82, 2.24) is 4.98 Å². The van der Waals surface area contributed by atoms with E-state index in [0.29, 0.717) is 22.2 Å². The fourth-order valence-electron chi connectivity index (χ4n) is 2.16. The van der Waals surface area contributed by atoms with Crippen LogP contribution in [0.5, 0.6) is 0 Å². The number of hydrogen-bond donors (Lipinski definition) is 1. The molecular formula is C18H17ClN2O4. The number of hydrogen-bond acceptors (Lipinski definition) is 5. The smallest absolute Gasteiger partial charge is 0.412 e. The largest absolute Gasteiger partial charge is 0.457 e. The van der Waals surface area contributed by atoms with Crippen LogP contribution in [-0.2, 0) is 20.8 Å². The van der Waals surface area contributed by atoms with Gasteiger partial charge in [0.15, 0.2) is 5.76 Å². The summed E-state index contributed by atoms with van der Waals surface area (Å²) in [5.41, 5.74) is 1.76. The Labute approximate surface area is 150 Å². The minimum atomic E-state index is -0.751. The Balaban J connectivity index is 1.66. The summed E-state index contributed by atoms with van der Waals surface area (Å²) in [7, 11) is 0. The first kappa shape index (κ1) is 17.1. The molecule has 0 fully saturated rings. The molecule has 0 aliphatic carbocycles. The van der Waals surface area contributed by atoms with Crippen LogP contribution in [0.4, 0.5) is 10.5 Å². The predicted octanol–water partition coefficient (Wildman–Crippen LogP) is 4.57. The molecule has 130 valence electrons. The number of benzene rings is 1. The molecule has 3 rings (SSSR count). The maximum absolute atomic E-state index is 12.0. The monoisotopic (exact) mass is 360 g/mol. The normalized spacial score (nSPS) is 14.9. The minimum absolute atomic E-state index is 0.165. The molecule has 6 nitrogen and oxygen atoms in total. The Morgan fingerprint density at radius 1 is 1.32 bits per heavy atom. The fraction of sp³-hybridized carbons (Fsp3) is 0.222. The van der Waals surface area contributed by atoms with E-state index in [9.17, 15) is 4.79 Å². The lowest BCUT2D eigenvalue weighted by Crippen LogP contribution is -2.20. The number of carbonyl (C=O) groups is 1. The maximum Gasteiger partial charge on any atom is 0.412 e. The van der Waals surface area contributed by atoms with Crippen molar-refractivity contribution in [3.8, 4) is 0 Å². The molecule has 1 N–H and O–H groups in total. The number of anilines is 1. The molecular weight excluding hydrogens is 344 g/mol. The Bertz CT molecular complexity index is 806. The van der Waals surface area contributed by atoms with Crippen molar-refractivity contribution in [2.75, 3.05) is 5.32 Å². The summed E-state index contributed by atoms with van der Waals surface area (Å²) in [6, 6.07) is 11.0. The van der Waals surface area contributed by atoms with Crippen LogP contribution in [0.25, 0.3) is 5.76 Å². The van der Waals surface area contributed by atoms with E-state index in [2.05, 4.69) is 10.3 Å². The molecule has 7 heteroatoms. The lowest BCUT2D eigenvalue weighted by atomic mass is 10.2. The number of ether oxygens (including phenoxy) is 3. The predicted molar refractivity (Wildman–Crippen MR) is 93.7 cm³/mol. The quantitative estimate of drug-likeness (QED) is 0.865. The third kappa shape index (κ3) is 4.42. The maximum atomic E-state index is 12.0. The van der Waals surface area contributed by atoms with Gasteiger partial charge >= 0.3 is 6.09 Å². The van der Waals surface area contributed by atoms with Crippen molar-refractivity contribution >= 4 is 29.1 Å². The Morgan fingerprint density at radius 3 is 2.76 bits per heavy atom. The van der Waals surface area contributed by atoms with Gasteiger partial charge in [-0.3, -0.25) is 10.3 Å². The molecule has 0 saturated carbocycles. The molecule has 25 heavy (non-hydrogen) atoms. The van der Waals surface area contributed by atoms with Crippen molar-refractivity contribution in [3.63, 3.8) is 0 Å². The second kappa shape index (κ2) is 7.03. The summed E-state index contributed by atoms with van der Waals surface area (Å²) in [4.78, 5) is 16.2. The summed E-state index contributed by atoms with van der Waals surface area (Å²) in [6.45, 7) is 3.73. The molecule has 1 aromatic heterocycles. The number of carbonyl (C=O) groups excluding carboxylic acids is 1. The first-order valence-corrected chi connectivity index (χ1v) is 8.01. The fourth-order valence-corrected chi connectivity index (χ4v) is 2.31. The average molecular weight is 361 g/mol. The lowest BCUT2D eigenvalue weighted by molar-refractivity contribution is -0.102. The van der Waals surface area contributed by atoms with Gasteiger partial charge in [-0.1, -0.05) is 41.9 Å². The number of amides is 1. The number of aromatic nitrogens is 1. The van der Waals surface area contributed by atoms with Crippen LogP contribution in [0.2, 0.25) is 5.02 Å². The van der Waals surface area contributed by atoms with Gasteiger partial charge in [0, 0.05) is 20.0 Å². The van der Waals surface area contributed by atoms with Crippen molar-refractivity contribution in [3.05, 3.63) is 65.1 Å². The molecule has 0 unspecified atom stereocenters. The van der Waals surface area contributed by atoms with Crippen LogP contribution in [0.3, 0.4) is 0 Å². The van der Waals surface area contributed by atoms with E-state index < -0.39 is 11.9 Å². The summed E-state index contributed by atoms with van der Waals surface area (Å²) >= 11 is 6.10. The number of nitrogens with one attached hydrogen (secondary N) is 1. The zero-order valence-electron chi connectivity index (χ0n) is 13.8. The summed E-state index contributed by atoms with van der Waals surface area (Å²) in [6.07, 6.45) is 2.30. The summed E-state index contributed by atoms with van der Waals surface area (Å²) in [5, 5.41) is 2.90. The van der Waals surface area contributed by atoms with Gasteiger partial charge < -0.3 is 14.2 Å². The molecule has 1 aromatic carbocycles. The van der Waals surface area contributed by atoms with Crippen molar-refractivity contribution in [2.24, 2.45) is 0 Å². The number of nitrogens with zero attached hydrogens (tertiary/aromatic N) is 1. The van der Waals surface area contributed by atoms with E-state index in [1.54, 1.807) is 19.9 Å². The first-order valence-electron chi connectivity index (χ1n) is 7.63. The molecule has 0 spiro atoms. The number of rotatable bonds is 4. The van der Waals surface area contributed by atoms with Gasteiger partial charge in [-0.15, -0.1) is 0 Å². The van der Waals surface area contributed by atoms with Gasteiger partial charge in [-0.05, 0) is 11.6 Å². The highest BCUT2D eigenvalue weighted by molar-refractivity contribution is 6.33. The molecule has 0 atom stereocenters. The molecule has 1 aliphatic heterocycles. The van der Waals surface area contributed by atoms with Crippen molar-refractivity contribution < 1.29 is 19.0 Å². The number of pyridine rings is 1. The summed E-state index contributed by atoms with van der Waals surface area (Å²) < 4.78 is 16.2. The van der Waals surface area contributed by atoms with E-state index >= 15 is 0 Å². The third-order valence-electron chi connectivity index (χ3n) is 3.36. The standard InChI is InChI=1S/C18H17ClN2O4/c1-18(2)24-11-16(25-18)15-8-14(13(19)9-20-15)21-17(22)23-10-12-6-4-3-5-7-12/h3-9,11H,10H2,1-2H3,(H,20,21,22).